The summed E-state index contributed by atoms with van der Waals surface area (Å²) in [6.07, 6.45) is 0. The molecule has 154 valence electrons. The van der Waals surface area contributed by atoms with E-state index in [1.54, 1.807) is 24.3 Å². The van der Waals surface area contributed by atoms with Crippen molar-refractivity contribution in [3.05, 3.63) is 120 Å². The molecule has 2 N–H and O–H groups in total. The van der Waals surface area contributed by atoms with Crippen LogP contribution in [0.1, 0.15) is 20.7 Å². The molecule has 0 aliphatic carbocycles. The summed E-state index contributed by atoms with van der Waals surface area (Å²) in [6.45, 7) is 0. The Morgan fingerprint density at radius 3 is 1.28 bits per heavy atom. The molecule has 0 saturated heterocycles. The molecule has 5 aromatic carbocycles. The maximum Gasteiger partial charge on any atom is 0.256 e. The smallest absolute Gasteiger partial charge is 0.256 e. The highest BCUT2D eigenvalue weighted by Gasteiger charge is 2.18. The van der Waals surface area contributed by atoms with Crippen molar-refractivity contribution < 1.29 is 9.59 Å². The molecule has 0 heterocycles. The van der Waals surface area contributed by atoms with Crippen LogP contribution in [0.5, 0.6) is 0 Å². The highest BCUT2D eigenvalue weighted by Crippen LogP contribution is 2.26. The van der Waals surface area contributed by atoms with E-state index in [2.05, 4.69) is 10.6 Å². The van der Waals surface area contributed by atoms with Gasteiger partial charge in [-0.25, -0.2) is 0 Å². The first-order valence-electron chi connectivity index (χ1n) is 10.4. The quantitative estimate of drug-likeness (QED) is 0.351. The van der Waals surface area contributed by atoms with Gasteiger partial charge in [0.1, 0.15) is 0 Å². The zero-order valence-electron chi connectivity index (χ0n) is 17.2. The van der Waals surface area contributed by atoms with E-state index in [4.69, 9.17) is 0 Å². The second-order valence-corrected chi connectivity index (χ2v) is 7.51. The third kappa shape index (κ3) is 3.70. The summed E-state index contributed by atoms with van der Waals surface area (Å²) in [7, 11) is 0. The second-order valence-electron chi connectivity index (χ2n) is 7.51. The second kappa shape index (κ2) is 8.36. The van der Waals surface area contributed by atoms with Gasteiger partial charge >= 0.3 is 0 Å². The van der Waals surface area contributed by atoms with Crippen molar-refractivity contribution in [1.29, 1.82) is 0 Å². The van der Waals surface area contributed by atoms with Crippen LogP contribution < -0.4 is 10.6 Å². The highest BCUT2D eigenvalue weighted by atomic mass is 16.2. The molecule has 0 radical (unpaired) electrons. The van der Waals surface area contributed by atoms with E-state index in [0.717, 1.165) is 21.5 Å². The van der Waals surface area contributed by atoms with E-state index >= 15 is 0 Å². The fraction of sp³-hybridized carbons (Fsp3) is 0. The minimum atomic E-state index is -0.329. The summed E-state index contributed by atoms with van der Waals surface area (Å²) in [5.74, 6) is -0.657. The van der Waals surface area contributed by atoms with Crippen molar-refractivity contribution in [2.45, 2.75) is 0 Å². The number of fused-ring (bicyclic) bond motifs is 2. The van der Waals surface area contributed by atoms with Crippen LogP contribution in [0.2, 0.25) is 0 Å². The molecule has 0 saturated carbocycles. The zero-order chi connectivity index (χ0) is 21.9. The van der Waals surface area contributed by atoms with Gasteiger partial charge in [0.25, 0.3) is 11.8 Å². The van der Waals surface area contributed by atoms with Crippen LogP contribution in [0.15, 0.2) is 109 Å². The Morgan fingerprint density at radius 1 is 0.438 bits per heavy atom. The maximum absolute atomic E-state index is 13.2. The summed E-state index contributed by atoms with van der Waals surface area (Å²) in [5.41, 5.74) is 2.05. The van der Waals surface area contributed by atoms with E-state index in [-0.39, 0.29) is 11.8 Å². The Labute approximate surface area is 185 Å². The Bertz CT molecular complexity index is 1350. The van der Waals surface area contributed by atoms with Gasteiger partial charge in [0.05, 0.1) is 11.1 Å². The molecule has 5 aromatic rings. The molecule has 0 spiro atoms. The molecule has 32 heavy (non-hydrogen) atoms. The standard InChI is InChI=1S/C28H20N2O2/c31-27(29-25-17-7-11-19-9-1-3-13-21(19)25)23-15-5-6-16-24(23)28(32)30-26-18-8-12-20-10-2-4-14-22(20)26/h1-18H,(H,29,31)(H,30,32). The zero-order valence-corrected chi connectivity index (χ0v) is 17.2. The fourth-order valence-electron chi connectivity index (χ4n) is 3.93. The van der Waals surface area contributed by atoms with Crippen molar-refractivity contribution in [1.82, 2.24) is 0 Å². The molecule has 0 unspecified atom stereocenters. The number of carbonyl (C=O) groups is 2. The average molecular weight is 416 g/mol. The van der Waals surface area contributed by atoms with Gasteiger partial charge < -0.3 is 10.6 Å². The van der Waals surface area contributed by atoms with Crippen molar-refractivity contribution in [2.24, 2.45) is 0 Å². The lowest BCUT2D eigenvalue weighted by Crippen LogP contribution is -2.20. The molecule has 0 aliphatic heterocycles. The van der Waals surface area contributed by atoms with Gasteiger partial charge in [-0.15, -0.1) is 0 Å². The van der Waals surface area contributed by atoms with Gasteiger partial charge in [0, 0.05) is 22.1 Å². The van der Waals surface area contributed by atoms with Gasteiger partial charge in [-0.05, 0) is 35.0 Å². The minimum absolute atomic E-state index is 0.318. The highest BCUT2D eigenvalue weighted by molar-refractivity contribution is 6.18. The molecular weight excluding hydrogens is 396 g/mol. The van der Waals surface area contributed by atoms with Crippen LogP contribution in [0.25, 0.3) is 21.5 Å². The number of carbonyl (C=O) groups excluding carboxylic acids is 2. The predicted octanol–water partition coefficient (Wildman–Crippen LogP) is 6.50. The molecule has 0 aliphatic rings. The lowest BCUT2D eigenvalue weighted by atomic mass is 10.0. The summed E-state index contributed by atoms with van der Waals surface area (Å²) in [5, 5.41) is 9.90. The van der Waals surface area contributed by atoms with Crippen molar-refractivity contribution in [3.63, 3.8) is 0 Å². The molecule has 0 atom stereocenters. The number of rotatable bonds is 4. The van der Waals surface area contributed by atoms with Crippen LogP contribution >= 0.6 is 0 Å². The average Bonchev–Trinajstić information content (AvgIpc) is 2.84. The number of nitrogens with one attached hydrogen (secondary N) is 2. The number of benzene rings is 5. The molecule has 0 bridgehead atoms. The number of hydrogen-bond acceptors (Lipinski definition) is 2. The van der Waals surface area contributed by atoms with Gasteiger partial charge in [0.2, 0.25) is 0 Å². The molecule has 2 amide bonds. The molecule has 0 fully saturated rings. The summed E-state index contributed by atoms with van der Waals surface area (Å²) in [6, 6.07) is 34.1. The van der Waals surface area contributed by atoms with Crippen molar-refractivity contribution in [2.75, 3.05) is 10.6 Å². The third-order valence-electron chi connectivity index (χ3n) is 5.49. The third-order valence-corrected chi connectivity index (χ3v) is 5.49. The Kier molecular flexibility index (Phi) is 5.10. The molecular formula is C28H20N2O2. The van der Waals surface area contributed by atoms with Gasteiger partial charge in [-0.1, -0.05) is 84.9 Å². The Balaban J connectivity index is 1.45. The lowest BCUT2D eigenvalue weighted by molar-refractivity contribution is 0.0990. The number of hydrogen-bond donors (Lipinski definition) is 2. The van der Waals surface area contributed by atoms with Crippen LogP contribution in [0, 0.1) is 0 Å². The topological polar surface area (TPSA) is 58.2 Å². The normalized spacial score (nSPS) is 10.8. The van der Waals surface area contributed by atoms with Crippen molar-refractivity contribution >= 4 is 44.7 Å². The first kappa shape index (κ1) is 19.5. The number of anilines is 2. The maximum atomic E-state index is 13.2. The fourth-order valence-corrected chi connectivity index (χ4v) is 3.93. The summed E-state index contributed by atoms with van der Waals surface area (Å²) in [4.78, 5) is 26.3. The van der Waals surface area contributed by atoms with Crippen LogP contribution in [-0.2, 0) is 0 Å². The summed E-state index contributed by atoms with van der Waals surface area (Å²) >= 11 is 0. The van der Waals surface area contributed by atoms with Crippen molar-refractivity contribution in [3.8, 4) is 0 Å². The predicted molar refractivity (Wildman–Crippen MR) is 130 cm³/mol. The molecule has 5 rings (SSSR count). The monoisotopic (exact) mass is 416 g/mol. The first-order valence-corrected chi connectivity index (χ1v) is 10.4. The van der Waals surface area contributed by atoms with Crippen LogP contribution in [0.3, 0.4) is 0 Å². The molecule has 4 nitrogen and oxygen atoms in total. The van der Waals surface area contributed by atoms with Gasteiger partial charge in [-0.3, -0.25) is 9.59 Å². The van der Waals surface area contributed by atoms with E-state index < -0.39 is 0 Å². The Hall–Kier alpha value is -4.44. The molecule has 4 heteroatoms. The van der Waals surface area contributed by atoms with Gasteiger partial charge in [0.15, 0.2) is 0 Å². The largest absolute Gasteiger partial charge is 0.321 e. The Morgan fingerprint density at radius 2 is 0.812 bits per heavy atom. The van der Waals surface area contributed by atoms with Gasteiger partial charge in [-0.2, -0.15) is 0 Å². The van der Waals surface area contributed by atoms with Crippen LogP contribution in [0.4, 0.5) is 11.4 Å². The number of amides is 2. The minimum Gasteiger partial charge on any atom is -0.321 e. The SMILES string of the molecule is O=C(Nc1cccc2ccccc12)c1ccccc1C(=O)Nc1cccc2ccccc12. The van der Waals surface area contributed by atoms with E-state index in [0.29, 0.717) is 22.5 Å². The van der Waals surface area contributed by atoms with Crippen LogP contribution in [-0.4, -0.2) is 11.8 Å². The summed E-state index contributed by atoms with van der Waals surface area (Å²) < 4.78 is 0. The van der Waals surface area contributed by atoms with E-state index in [1.807, 2.05) is 84.9 Å². The molecule has 0 aromatic heterocycles. The first-order chi connectivity index (χ1) is 15.7. The van der Waals surface area contributed by atoms with E-state index in [1.165, 1.54) is 0 Å². The lowest BCUT2D eigenvalue weighted by Gasteiger charge is -2.13. The van der Waals surface area contributed by atoms with E-state index in [9.17, 15) is 9.59 Å².